The molecule has 9 heteroatoms. The predicted octanol–water partition coefficient (Wildman–Crippen LogP) is 4.70. The van der Waals surface area contributed by atoms with Gasteiger partial charge in [0.2, 0.25) is 5.16 Å². The first-order valence-electron chi connectivity index (χ1n) is 10.7. The number of carboxylic acid groups (broad SMARTS) is 1. The largest absolute Gasteiger partial charge is 0.497 e. The average molecular weight is 467 g/mol. The minimum absolute atomic E-state index is 0.134. The number of thioether (sulfide) groups is 1. The summed E-state index contributed by atoms with van der Waals surface area (Å²) in [5, 5.41) is 17.1. The van der Waals surface area contributed by atoms with Crippen molar-refractivity contribution < 1.29 is 19.4 Å². The molecule has 0 bridgehead atoms. The number of anilines is 1. The molecule has 0 radical (unpaired) electrons. The molecule has 1 aliphatic heterocycles. The smallest absolute Gasteiger partial charge is 0.342 e. The molecule has 0 amide bonds. The molecule has 1 fully saturated rings. The van der Waals surface area contributed by atoms with E-state index in [2.05, 4.69) is 20.1 Å². The summed E-state index contributed by atoms with van der Waals surface area (Å²) in [5.41, 5.74) is 2.71. The third-order valence-electron chi connectivity index (χ3n) is 5.41. The highest BCUT2D eigenvalue weighted by Gasteiger charge is 2.16. The normalized spacial score (nSPS) is 14.2. The van der Waals surface area contributed by atoms with Gasteiger partial charge in [-0.1, -0.05) is 12.1 Å². The number of benzene rings is 2. The van der Waals surface area contributed by atoms with Crippen LogP contribution in [0.3, 0.4) is 0 Å². The fourth-order valence-corrected chi connectivity index (χ4v) is 4.39. The Labute approximate surface area is 196 Å². The highest BCUT2D eigenvalue weighted by atomic mass is 32.2. The minimum atomic E-state index is -1.03. The highest BCUT2D eigenvalue weighted by Crippen LogP contribution is 2.31. The van der Waals surface area contributed by atoms with Gasteiger partial charge >= 0.3 is 5.97 Å². The van der Waals surface area contributed by atoms with E-state index in [1.165, 1.54) is 24.9 Å². The summed E-state index contributed by atoms with van der Waals surface area (Å²) < 4.78 is 10.6. The SMILES string of the molecule is COc1cc(OC)cc(-c2nc(S/C(=C/c3ccc(N4CCCCC4)cc3)C(=O)O)n[nH]2)c1. The Hall–Kier alpha value is -3.46. The first-order chi connectivity index (χ1) is 16.1. The number of aromatic nitrogens is 3. The molecule has 1 aromatic heterocycles. The maximum absolute atomic E-state index is 11.9. The number of nitrogens with zero attached hydrogens (tertiary/aromatic N) is 3. The molecule has 0 aliphatic carbocycles. The van der Waals surface area contributed by atoms with Crippen molar-refractivity contribution in [1.82, 2.24) is 15.2 Å². The van der Waals surface area contributed by atoms with Gasteiger partial charge in [-0.25, -0.2) is 9.78 Å². The molecule has 172 valence electrons. The van der Waals surface area contributed by atoms with Crippen molar-refractivity contribution in [3.63, 3.8) is 0 Å². The average Bonchev–Trinajstić information content (AvgIpc) is 3.33. The van der Waals surface area contributed by atoms with Crippen LogP contribution in [-0.2, 0) is 4.79 Å². The van der Waals surface area contributed by atoms with Gasteiger partial charge < -0.3 is 19.5 Å². The maximum atomic E-state index is 11.9. The van der Waals surface area contributed by atoms with Crippen molar-refractivity contribution in [3.05, 3.63) is 52.9 Å². The van der Waals surface area contributed by atoms with E-state index in [1.807, 2.05) is 24.3 Å². The Bertz CT molecular complexity index is 1120. The number of hydrogen-bond donors (Lipinski definition) is 2. The molecule has 1 aliphatic rings. The molecule has 2 N–H and O–H groups in total. The number of carboxylic acids is 1. The number of aromatic amines is 1. The lowest BCUT2D eigenvalue weighted by Crippen LogP contribution is -2.29. The molecule has 3 aromatic rings. The zero-order valence-electron chi connectivity index (χ0n) is 18.6. The van der Waals surface area contributed by atoms with Crippen LogP contribution in [0.5, 0.6) is 11.5 Å². The Morgan fingerprint density at radius 2 is 1.73 bits per heavy atom. The molecule has 2 heterocycles. The molecule has 0 unspecified atom stereocenters. The number of piperidine rings is 1. The van der Waals surface area contributed by atoms with Gasteiger partial charge in [0, 0.05) is 30.4 Å². The van der Waals surface area contributed by atoms with Gasteiger partial charge in [-0.15, -0.1) is 5.10 Å². The number of methoxy groups -OCH3 is 2. The number of H-pyrrole nitrogens is 1. The van der Waals surface area contributed by atoms with E-state index in [0.717, 1.165) is 36.0 Å². The first kappa shape index (κ1) is 22.7. The van der Waals surface area contributed by atoms with E-state index in [0.29, 0.717) is 22.5 Å². The molecule has 1 saturated heterocycles. The molecule has 0 spiro atoms. The van der Waals surface area contributed by atoms with E-state index in [-0.39, 0.29) is 4.91 Å². The third kappa shape index (κ3) is 5.67. The standard InChI is InChI=1S/C24H26N4O4S/c1-31-19-13-17(14-20(15-19)32-2)22-25-24(27-26-22)33-21(23(29)30)12-16-6-8-18(9-7-16)28-10-4-3-5-11-28/h6-9,12-15H,3-5,10-11H2,1-2H3,(H,29,30)(H,25,26,27)/b21-12+. The second kappa shape index (κ2) is 10.4. The lowest BCUT2D eigenvalue weighted by Gasteiger charge is -2.28. The van der Waals surface area contributed by atoms with Crippen LogP contribution in [0.1, 0.15) is 24.8 Å². The molecule has 0 atom stereocenters. The van der Waals surface area contributed by atoms with Gasteiger partial charge in [0.1, 0.15) is 16.4 Å². The summed E-state index contributed by atoms with van der Waals surface area (Å²) in [4.78, 5) is 18.8. The molecular formula is C24H26N4O4S. The number of nitrogens with one attached hydrogen (secondary N) is 1. The molecule has 0 saturated carbocycles. The summed E-state index contributed by atoms with van der Waals surface area (Å²) in [7, 11) is 3.15. The van der Waals surface area contributed by atoms with Gasteiger partial charge in [0.25, 0.3) is 0 Å². The number of carbonyl (C=O) groups is 1. The van der Waals surface area contributed by atoms with E-state index < -0.39 is 5.97 Å². The number of aliphatic carboxylic acids is 1. The van der Waals surface area contributed by atoms with Gasteiger partial charge in [-0.05, 0) is 66.9 Å². The maximum Gasteiger partial charge on any atom is 0.342 e. The van der Waals surface area contributed by atoms with Crippen molar-refractivity contribution in [1.29, 1.82) is 0 Å². The highest BCUT2D eigenvalue weighted by molar-refractivity contribution is 8.04. The molecule has 8 nitrogen and oxygen atoms in total. The Morgan fingerprint density at radius 1 is 1.06 bits per heavy atom. The van der Waals surface area contributed by atoms with Crippen molar-refractivity contribution in [3.8, 4) is 22.9 Å². The van der Waals surface area contributed by atoms with Crippen molar-refractivity contribution in [2.45, 2.75) is 24.4 Å². The van der Waals surface area contributed by atoms with Crippen LogP contribution in [-0.4, -0.2) is 53.6 Å². The Balaban J connectivity index is 1.51. The summed E-state index contributed by atoms with van der Waals surface area (Å²) in [6.45, 7) is 2.13. The second-order valence-electron chi connectivity index (χ2n) is 7.62. The summed E-state index contributed by atoms with van der Waals surface area (Å²) in [6, 6.07) is 13.3. The minimum Gasteiger partial charge on any atom is -0.497 e. The number of ether oxygens (including phenoxy) is 2. The summed E-state index contributed by atoms with van der Waals surface area (Å²) in [5.74, 6) is 0.697. The van der Waals surface area contributed by atoms with Crippen molar-refractivity contribution in [2.24, 2.45) is 0 Å². The van der Waals surface area contributed by atoms with E-state index >= 15 is 0 Å². The second-order valence-corrected chi connectivity index (χ2v) is 8.63. The molecule has 4 rings (SSSR count). The monoisotopic (exact) mass is 466 g/mol. The lowest BCUT2D eigenvalue weighted by atomic mass is 10.1. The van der Waals surface area contributed by atoms with E-state index in [9.17, 15) is 9.90 Å². The Kier molecular flexibility index (Phi) is 7.19. The summed E-state index contributed by atoms with van der Waals surface area (Å²) in [6.07, 6.45) is 5.34. The van der Waals surface area contributed by atoms with E-state index in [4.69, 9.17) is 9.47 Å². The van der Waals surface area contributed by atoms with Crippen LogP contribution in [0.25, 0.3) is 17.5 Å². The van der Waals surface area contributed by atoms with Gasteiger partial charge in [-0.3, -0.25) is 5.10 Å². The molecule has 2 aromatic carbocycles. The Morgan fingerprint density at radius 3 is 2.33 bits per heavy atom. The van der Waals surface area contributed by atoms with Crippen LogP contribution in [0.4, 0.5) is 5.69 Å². The fourth-order valence-electron chi connectivity index (χ4n) is 3.68. The van der Waals surface area contributed by atoms with Crippen LogP contribution >= 0.6 is 11.8 Å². The van der Waals surface area contributed by atoms with Crippen LogP contribution in [0.2, 0.25) is 0 Å². The molecular weight excluding hydrogens is 440 g/mol. The quantitative estimate of drug-likeness (QED) is 0.364. The van der Waals surface area contributed by atoms with Crippen molar-refractivity contribution in [2.75, 3.05) is 32.2 Å². The van der Waals surface area contributed by atoms with Crippen molar-refractivity contribution >= 4 is 29.5 Å². The third-order valence-corrected chi connectivity index (χ3v) is 6.29. The summed E-state index contributed by atoms with van der Waals surface area (Å²) >= 11 is 0.995. The zero-order valence-corrected chi connectivity index (χ0v) is 19.4. The number of hydrogen-bond acceptors (Lipinski definition) is 7. The number of rotatable bonds is 8. The fraction of sp³-hybridized carbons (Fsp3) is 0.292. The van der Waals surface area contributed by atoms with Gasteiger partial charge in [0.05, 0.1) is 14.2 Å². The topological polar surface area (TPSA) is 101 Å². The van der Waals surface area contributed by atoms with Crippen LogP contribution < -0.4 is 14.4 Å². The van der Waals surface area contributed by atoms with Crippen LogP contribution in [0, 0.1) is 0 Å². The zero-order chi connectivity index (χ0) is 23.2. The predicted molar refractivity (Wildman–Crippen MR) is 129 cm³/mol. The van der Waals surface area contributed by atoms with E-state index in [1.54, 1.807) is 38.5 Å². The lowest BCUT2D eigenvalue weighted by molar-refractivity contribution is -0.131. The molecule has 33 heavy (non-hydrogen) atoms. The first-order valence-corrected chi connectivity index (χ1v) is 11.5. The van der Waals surface area contributed by atoms with Gasteiger partial charge in [-0.2, -0.15) is 0 Å². The van der Waals surface area contributed by atoms with Gasteiger partial charge in [0.15, 0.2) is 5.82 Å². The van der Waals surface area contributed by atoms with Crippen LogP contribution in [0.15, 0.2) is 52.5 Å².